The number of guanidine groups is 1. The van der Waals surface area contributed by atoms with Crippen LogP contribution in [0.2, 0.25) is 0 Å². The largest absolute Gasteiger partial charge is 0.370 e. The maximum Gasteiger partial charge on any atom is 0.246 e. The first-order chi connectivity index (χ1) is 13.6. The minimum atomic E-state index is -0.123. The van der Waals surface area contributed by atoms with Crippen molar-refractivity contribution < 1.29 is 4.79 Å². The number of aliphatic imine (C=N–C) groups is 1. The number of likely N-dealkylation sites (tertiary alicyclic amines) is 1. The second-order valence-corrected chi connectivity index (χ2v) is 6.96. The van der Waals surface area contributed by atoms with Gasteiger partial charge in [-0.05, 0) is 49.7 Å². The third-order valence-electron chi connectivity index (χ3n) is 4.93. The smallest absolute Gasteiger partial charge is 0.246 e. The summed E-state index contributed by atoms with van der Waals surface area (Å²) < 4.78 is 1.58. The van der Waals surface area contributed by atoms with E-state index in [-0.39, 0.29) is 12.5 Å². The molecule has 1 atom stereocenters. The van der Waals surface area contributed by atoms with Gasteiger partial charge in [-0.25, -0.2) is 4.99 Å². The van der Waals surface area contributed by atoms with Gasteiger partial charge in [0.15, 0.2) is 5.96 Å². The number of carbonyl (C=O) groups excluding carboxylic acids is 1. The Morgan fingerprint density at radius 2 is 2.29 bits per heavy atom. The van der Waals surface area contributed by atoms with E-state index in [2.05, 4.69) is 32.5 Å². The lowest BCUT2D eigenvalue weighted by molar-refractivity contribution is -0.116. The van der Waals surface area contributed by atoms with E-state index < -0.39 is 0 Å². The van der Waals surface area contributed by atoms with Crippen LogP contribution < -0.4 is 16.4 Å². The molecule has 1 aromatic heterocycles. The van der Waals surface area contributed by atoms with Gasteiger partial charge >= 0.3 is 0 Å². The number of benzene rings is 1. The van der Waals surface area contributed by atoms with Crippen LogP contribution in [-0.2, 0) is 17.9 Å². The molecule has 0 spiro atoms. The van der Waals surface area contributed by atoms with Gasteiger partial charge in [0.25, 0.3) is 0 Å². The number of anilines is 1. The van der Waals surface area contributed by atoms with Crippen molar-refractivity contribution in [3.05, 3.63) is 48.3 Å². The van der Waals surface area contributed by atoms with Gasteiger partial charge in [0.2, 0.25) is 5.91 Å². The van der Waals surface area contributed by atoms with E-state index >= 15 is 0 Å². The summed E-state index contributed by atoms with van der Waals surface area (Å²) in [5, 5.41) is 10.2. The highest BCUT2D eigenvalue weighted by Gasteiger charge is 2.22. The molecule has 2 aromatic rings. The molecule has 1 saturated heterocycles. The summed E-state index contributed by atoms with van der Waals surface area (Å²) in [5.41, 5.74) is 7.74. The molecule has 4 N–H and O–H groups in total. The molecule has 0 saturated carbocycles. The van der Waals surface area contributed by atoms with E-state index in [4.69, 9.17) is 5.73 Å². The van der Waals surface area contributed by atoms with Crippen molar-refractivity contribution in [3.63, 3.8) is 0 Å². The lowest BCUT2D eigenvalue weighted by atomic mass is 10.2. The highest BCUT2D eigenvalue weighted by Crippen LogP contribution is 2.15. The first-order valence-electron chi connectivity index (χ1n) is 9.78. The average Bonchev–Trinajstić information content (AvgIpc) is 3.36. The van der Waals surface area contributed by atoms with Crippen molar-refractivity contribution in [2.24, 2.45) is 10.7 Å². The molecule has 28 heavy (non-hydrogen) atoms. The topological polar surface area (TPSA) is 101 Å². The molecule has 1 amide bonds. The molecule has 8 heteroatoms. The lowest BCUT2D eigenvalue weighted by Crippen LogP contribution is -2.42. The number of hydrogen-bond donors (Lipinski definition) is 3. The van der Waals surface area contributed by atoms with E-state index in [0.717, 1.165) is 24.3 Å². The summed E-state index contributed by atoms with van der Waals surface area (Å²) in [6.45, 7) is 5.90. The molecule has 150 valence electrons. The number of aromatic nitrogens is 2. The van der Waals surface area contributed by atoms with Gasteiger partial charge in [-0.15, -0.1) is 0 Å². The summed E-state index contributed by atoms with van der Waals surface area (Å²) in [5.74, 6) is 0.332. The number of nitrogens with zero attached hydrogens (tertiary/aromatic N) is 4. The van der Waals surface area contributed by atoms with E-state index in [1.165, 1.54) is 19.4 Å². The van der Waals surface area contributed by atoms with Crippen molar-refractivity contribution in [1.82, 2.24) is 20.0 Å². The van der Waals surface area contributed by atoms with E-state index in [0.29, 0.717) is 18.5 Å². The van der Waals surface area contributed by atoms with Crippen molar-refractivity contribution in [2.75, 3.05) is 25.0 Å². The maximum absolute atomic E-state index is 12.1. The van der Waals surface area contributed by atoms with Gasteiger partial charge in [0.05, 0.1) is 6.54 Å². The maximum atomic E-state index is 12.1. The van der Waals surface area contributed by atoms with Crippen LogP contribution in [-0.4, -0.2) is 52.2 Å². The molecule has 0 radical (unpaired) electrons. The zero-order valence-corrected chi connectivity index (χ0v) is 16.3. The predicted molar refractivity (Wildman–Crippen MR) is 111 cm³/mol. The Morgan fingerprint density at radius 3 is 3.07 bits per heavy atom. The summed E-state index contributed by atoms with van der Waals surface area (Å²) in [7, 11) is 0. The normalized spacial score (nSPS) is 17.6. The fourth-order valence-corrected chi connectivity index (χ4v) is 3.49. The standard InChI is InChI=1S/C20H29N7O/c1-2-26-10-4-8-18(26)14-23-20(21)22-13-16-6-3-7-17(12-16)25-19(28)15-27-11-5-9-24-27/h3,5-7,9,11-12,18H,2,4,8,10,13-15H2,1H3,(H,25,28)(H3,21,22,23). The van der Waals surface area contributed by atoms with Gasteiger partial charge in [-0.1, -0.05) is 19.1 Å². The molecule has 0 aliphatic carbocycles. The van der Waals surface area contributed by atoms with Gasteiger partial charge in [-0.2, -0.15) is 5.10 Å². The Labute approximate surface area is 165 Å². The number of nitrogens with two attached hydrogens (primary N) is 1. The van der Waals surface area contributed by atoms with Crippen LogP contribution in [0.3, 0.4) is 0 Å². The molecule has 1 unspecified atom stereocenters. The Bertz CT molecular complexity index is 788. The monoisotopic (exact) mass is 383 g/mol. The van der Waals surface area contributed by atoms with Crippen molar-refractivity contribution in [1.29, 1.82) is 0 Å². The van der Waals surface area contributed by atoms with Crippen LogP contribution in [0.4, 0.5) is 5.69 Å². The highest BCUT2D eigenvalue weighted by molar-refractivity contribution is 5.90. The second-order valence-electron chi connectivity index (χ2n) is 6.96. The van der Waals surface area contributed by atoms with Gasteiger partial charge in [0, 0.05) is 30.7 Å². The summed E-state index contributed by atoms with van der Waals surface area (Å²) in [6.07, 6.45) is 5.85. The average molecular weight is 384 g/mol. The number of carbonyl (C=O) groups is 1. The minimum absolute atomic E-state index is 0.123. The van der Waals surface area contributed by atoms with Crippen LogP contribution in [0.5, 0.6) is 0 Å². The Balaban J connectivity index is 1.48. The Hall–Kier alpha value is -2.87. The third kappa shape index (κ3) is 5.82. The molecule has 1 aliphatic heterocycles. The van der Waals surface area contributed by atoms with Gasteiger partial charge < -0.3 is 16.4 Å². The van der Waals surface area contributed by atoms with Crippen LogP contribution in [0.25, 0.3) is 0 Å². The fourth-order valence-electron chi connectivity index (χ4n) is 3.49. The molecule has 1 aliphatic rings. The summed E-state index contributed by atoms with van der Waals surface area (Å²) in [4.78, 5) is 19.0. The molecule has 2 heterocycles. The predicted octanol–water partition coefficient (Wildman–Crippen LogP) is 1.41. The Kier molecular flexibility index (Phi) is 7.02. The van der Waals surface area contributed by atoms with Crippen molar-refractivity contribution in [3.8, 4) is 0 Å². The minimum Gasteiger partial charge on any atom is -0.370 e. The molecule has 8 nitrogen and oxygen atoms in total. The third-order valence-corrected chi connectivity index (χ3v) is 4.93. The summed E-state index contributed by atoms with van der Waals surface area (Å²) >= 11 is 0. The van der Waals surface area contributed by atoms with Crippen LogP contribution in [0, 0.1) is 0 Å². The molecule has 0 bridgehead atoms. The Morgan fingerprint density at radius 1 is 1.39 bits per heavy atom. The van der Waals surface area contributed by atoms with Crippen LogP contribution >= 0.6 is 0 Å². The van der Waals surface area contributed by atoms with Gasteiger partial charge in [-0.3, -0.25) is 14.4 Å². The van der Waals surface area contributed by atoms with Crippen LogP contribution in [0.15, 0.2) is 47.7 Å². The number of nitrogens with one attached hydrogen (secondary N) is 2. The summed E-state index contributed by atoms with van der Waals surface area (Å²) in [6, 6.07) is 9.96. The lowest BCUT2D eigenvalue weighted by Gasteiger charge is -2.23. The zero-order chi connectivity index (χ0) is 19.8. The molecular formula is C20H29N7O. The van der Waals surface area contributed by atoms with E-state index in [1.807, 2.05) is 24.3 Å². The highest BCUT2D eigenvalue weighted by atomic mass is 16.2. The second kappa shape index (κ2) is 9.89. The molecular weight excluding hydrogens is 354 g/mol. The van der Waals surface area contributed by atoms with Gasteiger partial charge in [0.1, 0.15) is 6.54 Å². The SMILES string of the molecule is CCN1CCCC1CNC(N)=NCc1cccc(NC(=O)Cn2cccn2)c1. The molecule has 1 aromatic carbocycles. The zero-order valence-electron chi connectivity index (χ0n) is 16.3. The number of amides is 1. The van der Waals surface area contributed by atoms with E-state index in [1.54, 1.807) is 23.1 Å². The van der Waals surface area contributed by atoms with E-state index in [9.17, 15) is 4.79 Å². The first kappa shape index (κ1) is 19.9. The van der Waals surface area contributed by atoms with Crippen molar-refractivity contribution in [2.45, 2.75) is 38.9 Å². The molecule has 3 rings (SSSR count). The fraction of sp³-hybridized carbons (Fsp3) is 0.450. The number of rotatable bonds is 8. The number of likely N-dealkylation sites (N-methyl/N-ethyl adjacent to an activating group) is 1. The quantitative estimate of drug-likeness (QED) is 0.473. The molecule has 1 fully saturated rings. The number of hydrogen-bond acceptors (Lipinski definition) is 4. The van der Waals surface area contributed by atoms with Crippen LogP contribution in [0.1, 0.15) is 25.3 Å². The first-order valence-corrected chi connectivity index (χ1v) is 9.78. The van der Waals surface area contributed by atoms with Crippen molar-refractivity contribution >= 4 is 17.6 Å².